The summed E-state index contributed by atoms with van der Waals surface area (Å²) in [6.07, 6.45) is 5.10. The van der Waals surface area contributed by atoms with E-state index in [1.54, 1.807) is 0 Å². The van der Waals surface area contributed by atoms with Gasteiger partial charge in [-0.25, -0.2) is 0 Å². The Hall–Kier alpha value is -2.62. The van der Waals surface area contributed by atoms with E-state index < -0.39 is 0 Å². The van der Waals surface area contributed by atoms with Crippen molar-refractivity contribution in [3.63, 3.8) is 0 Å². The second kappa shape index (κ2) is 9.70. The average molecular weight is 459 g/mol. The van der Waals surface area contributed by atoms with E-state index in [0.29, 0.717) is 11.4 Å². The summed E-state index contributed by atoms with van der Waals surface area (Å²) >= 11 is 6.00. The summed E-state index contributed by atoms with van der Waals surface area (Å²) in [4.78, 5) is 17.9. The van der Waals surface area contributed by atoms with Gasteiger partial charge in [0.15, 0.2) is 0 Å². The van der Waals surface area contributed by atoms with Crippen LogP contribution in [0.3, 0.4) is 0 Å². The molecule has 0 unspecified atom stereocenters. The molecule has 0 aromatic heterocycles. The Labute approximate surface area is 202 Å². The van der Waals surface area contributed by atoms with E-state index in [1.165, 1.54) is 36.0 Å². The van der Waals surface area contributed by atoms with Crippen molar-refractivity contribution in [3.05, 3.63) is 95.0 Å². The lowest BCUT2D eigenvalue weighted by atomic mass is 9.85. The molecule has 0 N–H and O–H groups in total. The number of benzene rings is 3. The molecule has 3 aromatic carbocycles. The van der Waals surface area contributed by atoms with Crippen LogP contribution in [0.25, 0.3) is 11.1 Å². The molecule has 0 bridgehead atoms. The average Bonchev–Trinajstić information content (AvgIpc) is 3.22. The van der Waals surface area contributed by atoms with Gasteiger partial charge in [-0.15, -0.1) is 0 Å². The molecule has 5 rings (SSSR count). The second-order valence-electron chi connectivity index (χ2n) is 9.53. The highest BCUT2D eigenvalue weighted by atomic mass is 35.5. The Bertz CT molecular complexity index is 1080. The monoisotopic (exact) mass is 458 g/mol. The molecule has 0 aliphatic carbocycles. The van der Waals surface area contributed by atoms with Gasteiger partial charge in [-0.05, 0) is 66.6 Å². The van der Waals surface area contributed by atoms with Crippen molar-refractivity contribution in [1.82, 2.24) is 9.80 Å². The van der Waals surface area contributed by atoms with E-state index in [9.17, 15) is 4.79 Å². The van der Waals surface area contributed by atoms with Crippen LogP contribution in [-0.2, 0) is 17.8 Å². The number of halogens is 1. The first-order chi connectivity index (χ1) is 16.1. The molecule has 3 nitrogen and oxygen atoms in total. The zero-order valence-electron chi connectivity index (χ0n) is 19.1. The standard InChI is InChI=1S/C29H31ClN2O/c30-27-14-10-23(11-15-27)20-28(33)31-18-4-16-29(22-31)17-5-19-32(29)21-24-8-12-26(13-9-24)25-6-2-1-3-7-25/h1-3,6-15H,4-5,16-22H2/t29-/m0/s1. The molecule has 1 amide bonds. The number of hydrogen-bond acceptors (Lipinski definition) is 2. The zero-order valence-corrected chi connectivity index (χ0v) is 19.8. The molecular formula is C29H31ClN2O. The van der Waals surface area contributed by atoms with E-state index in [-0.39, 0.29) is 11.4 Å². The highest BCUT2D eigenvalue weighted by Crippen LogP contribution is 2.38. The van der Waals surface area contributed by atoms with Crippen LogP contribution in [-0.4, -0.2) is 40.9 Å². The minimum absolute atomic E-state index is 0.117. The molecular weight excluding hydrogens is 428 g/mol. The number of likely N-dealkylation sites (tertiary alicyclic amines) is 2. The lowest BCUT2D eigenvalue weighted by Crippen LogP contribution is -2.56. The highest BCUT2D eigenvalue weighted by molar-refractivity contribution is 6.30. The van der Waals surface area contributed by atoms with Gasteiger partial charge < -0.3 is 4.90 Å². The largest absolute Gasteiger partial charge is 0.341 e. The normalized spacial score (nSPS) is 20.9. The first-order valence-electron chi connectivity index (χ1n) is 12.0. The lowest BCUT2D eigenvalue weighted by Gasteiger charge is -2.46. The highest BCUT2D eigenvalue weighted by Gasteiger charge is 2.44. The van der Waals surface area contributed by atoms with Gasteiger partial charge in [0.25, 0.3) is 0 Å². The predicted octanol–water partition coefficient (Wildman–Crippen LogP) is 6.21. The Morgan fingerprint density at radius 1 is 0.788 bits per heavy atom. The van der Waals surface area contributed by atoms with Crippen LogP contribution in [0, 0.1) is 0 Å². The SMILES string of the molecule is O=C(Cc1ccc(Cl)cc1)N1CCC[C@]2(CCCN2Cc2ccc(-c3ccccc3)cc2)C1. The fraction of sp³-hybridized carbons (Fsp3) is 0.345. The Balaban J connectivity index is 1.26. The van der Waals surface area contributed by atoms with Crippen LogP contribution in [0.5, 0.6) is 0 Å². The predicted molar refractivity (Wildman–Crippen MR) is 135 cm³/mol. The summed E-state index contributed by atoms with van der Waals surface area (Å²) in [5, 5.41) is 0.710. The number of amides is 1. The van der Waals surface area contributed by atoms with Crippen LogP contribution in [0.1, 0.15) is 36.8 Å². The first-order valence-corrected chi connectivity index (χ1v) is 12.4. The van der Waals surface area contributed by atoms with Crippen molar-refractivity contribution < 1.29 is 4.79 Å². The Kier molecular flexibility index (Phi) is 6.52. The topological polar surface area (TPSA) is 23.6 Å². The van der Waals surface area contributed by atoms with Gasteiger partial charge in [0, 0.05) is 30.2 Å². The van der Waals surface area contributed by atoms with Crippen LogP contribution >= 0.6 is 11.6 Å². The van der Waals surface area contributed by atoms with Crippen LogP contribution < -0.4 is 0 Å². The van der Waals surface area contributed by atoms with E-state index in [4.69, 9.17) is 11.6 Å². The van der Waals surface area contributed by atoms with Crippen LogP contribution in [0.4, 0.5) is 0 Å². The minimum Gasteiger partial charge on any atom is -0.341 e. The number of carbonyl (C=O) groups is 1. The van der Waals surface area contributed by atoms with Gasteiger partial charge in [-0.3, -0.25) is 9.69 Å². The summed E-state index contributed by atoms with van der Waals surface area (Å²) in [6, 6.07) is 27.2. The maximum atomic E-state index is 13.1. The van der Waals surface area contributed by atoms with Crippen LogP contribution in [0.15, 0.2) is 78.9 Å². The molecule has 170 valence electrons. The molecule has 2 fully saturated rings. The van der Waals surface area contributed by atoms with E-state index in [2.05, 4.69) is 64.4 Å². The van der Waals surface area contributed by atoms with Gasteiger partial charge in [0.2, 0.25) is 5.91 Å². The van der Waals surface area contributed by atoms with E-state index in [0.717, 1.165) is 38.2 Å². The third-order valence-corrected chi connectivity index (χ3v) is 7.60. The second-order valence-corrected chi connectivity index (χ2v) is 9.97. The smallest absolute Gasteiger partial charge is 0.227 e. The van der Waals surface area contributed by atoms with Crippen molar-refractivity contribution in [2.75, 3.05) is 19.6 Å². The summed E-state index contributed by atoms with van der Waals surface area (Å²) < 4.78 is 0. The third-order valence-electron chi connectivity index (χ3n) is 7.35. The molecule has 1 spiro atoms. The van der Waals surface area contributed by atoms with E-state index >= 15 is 0 Å². The van der Waals surface area contributed by atoms with Crippen LogP contribution in [0.2, 0.25) is 5.02 Å². The summed E-state index contributed by atoms with van der Waals surface area (Å²) in [5.74, 6) is 0.232. The van der Waals surface area contributed by atoms with Crippen molar-refractivity contribution in [2.24, 2.45) is 0 Å². The number of piperidine rings is 1. The van der Waals surface area contributed by atoms with Gasteiger partial charge in [0.05, 0.1) is 6.42 Å². The first kappa shape index (κ1) is 22.2. The molecule has 2 heterocycles. The number of nitrogens with zero attached hydrogens (tertiary/aromatic N) is 2. The maximum absolute atomic E-state index is 13.1. The summed E-state index contributed by atoms with van der Waals surface area (Å²) in [6.45, 7) is 3.78. The fourth-order valence-corrected chi connectivity index (χ4v) is 5.70. The number of carbonyl (C=O) groups excluding carboxylic acids is 1. The quantitative estimate of drug-likeness (QED) is 0.454. The summed E-state index contributed by atoms with van der Waals surface area (Å²) in [5.41, 5.74) is 5.01. The molecule has 0 radical (unpaired) electrons. The van der Waals surface area contributed by atoms with Gasteiger partial charge in [-0.1, -0.05) is 78.3 Å². The van der Waals surface area contributed by atoms with Crippen molar-refractivity contribution in [3.8, 4) is 11.1 Å². The molecule has 0 saturated carbocycles. The van der Waals surface area contributed by atoms with Gasteiger partial charge in [-0.2, -0.15) is 0 Å². The third kappa shape index (κ3) is 5.00. The molecule has 1 atom stereocenters. The molecule has 3 aromatic rings. The van der Waals surface area contributed by atoms with Gasteiger partial charge in [0.1, 0.15) is 0 Å². The van der Waals surface area contributed by atoms with Gasteiger partial charge >= 0.3 is 0 Å². The van der Waals surface area contributed by atoms with Crippen molar-refractivity contribution >= 4 is 17.5 Å². The van der Waals surface area contributed by atoms with E-state index in [1.807, 2.05) is 24.3 Å². The molecule has 2 aliphatic rings. The number of rotatable bonds is 5. The number of hydrogen-bond donors (Lipinski definition) is 0. The summed E-state index contributed by atoms with van der Waals surface area (Å²) in [7, 11) is 0. The Morgan fingerprint density at radius 2 is 1.42 bits per heavy atom. The zero-order chi connectivity index (χ0) is 22.7. The molecule has 2 saturated heterocycles. The fourth-order valence-electron chi connectivity index (χ4n) is 5.57. The molecule has 33 heavy (non-hydrogen) atoms. The van der Waals surface area contributed by atoms with Crippen molar-refractivity contribution in [1.29, 1.82) is 0 Å². The lowest BCUT2D eigenvalue weighted by molar-refractivity contribution is -0.134. The molecule has 2 aliphatic heterocycles. The Morgan fingerprint density at radius 3 is 2.15 bits per heavy atom. The van der Waals surface area contributed by atoms with Crippen molar-refractivity contribution in [2.45, 2.75) is 44.2 Å². The minimum atomic E-state index is 0.117. The molecule has 4 heteroatoms. The maximum Gasteiger partial charge on any atom is 0.227 e.